The van der Waals surface area contributed by atoms with Crippen molar-refractivity contribution in [2.75, 3.05) is 0 Å². The van der Waals surface area contributed by atoms with Gasteiger partial charge in [-0.25, -0.2) is 0 Å². The second-order valence-electron chi connectivity index (χ2n) is 8.53. The molecule has 0 radical (unpaired) electrons. The van der Waals surface area contributed by atoms with E-state index in [1.807, 2.05) is 74.5 Å². The lowest BCUT2D eigenvalue weighted by atomic mass is 9.84. The van der Waals surface area contributed by atoms with Crippen LogP contribution < -0.4 is 0 Å². The molecule has 154 valence electrons. The van der Waals surface area contributed by atoms with Gasteiger partial charge in [0, 0.05) is 21.5 Å². The highest BCUT2D eigenvalue weighted by Crippen LogP contribution is 2.50. The van der Waals surface area contributed by atoms with Crippen molar-refractivity contribution in [2.45, 2.75) is 13.8 Å². The first kappa shape index (κ1) is 18.7. The van der Waals surface area contributed by atoms with Crippen LogP contribution in [0.5, 0.6) is 11.5 Å². The molecule has 0 aliphatic carbocycles. The molecule has 0 heterocycles. The Labute approximate surface area is 186 Å². The van der Waals surface area contributed by atoms with E-state index in [-0.39, 0.29) is 0 Å². The van der Waals surface area contributed by atoms with Crippen LogP contribution in [0.25, 0.3) is 54.2 Å². The van der Waals surface area contributed by atoms with E-state index in [4.69, 9.17) is 0 Å². The van der Waals surface area contributed by atoms with Crippen molar-refractivity contribution in [1.29, 1.82) is 0 Å². The molecule has 0 spiro atoms. The summed E-state index contributed by atoms with van der Waals surface area (Å²) in [4.78, 5) is 0. The first-order valence-electron chi connectivity index (χ1n) is 10.8. The van der Waals surface area contributed by atoms with Crippen LogP contribution in [0, 0.1) is 13.8 Å². The fraction of sp³-hybridized carbons (Fsp3) is 0.0667. The maximum atomic E-state index is 11.2. The molecule has 0 saturated carbocycles. The monoisotopic (exact) mass is 414 g/mol. The Morgan fingerprint density at radius 3 is 1.16 bits per heavy atom. The Morgan fingerprint density at radius 1 is 0.406 bits per heavy atom. The molecule has 0 aliphatic rings. The number of phenols is 2. The van der Waals surface area contributed by atoms with Gasteiger partial charge in [-0.05, 0) is 57.6 Å². The van der Waals surface area contributed by atoms with Crippen LogP contribution >= 0.6 is 0 Å². The van der Waals surface area contributed by atoms with Gasteiger partial charge in [-0.3, -0.25) is 0 Å². The van der Waals surface area contributed by atoms with Crippen LogP contribution in [-0.2, 0) is 0 Å². The Morgan fingerprint density at radius 2 is 0.750 bits per heavy atom. The van der Waals surface area contributed by atoms with Crippen molar-refractivity contribution >= 4 is 43.1 Å². The molecule has 2 N–H and O–H groups in total. The van der Waals surface area contributed by atoms with E-state index in [9.17, 15) is 10.2 Å². The quantitative estimate of drug-likeness (QED) is 0.268. The van der Waals surface area contributed by atoms with Crippen LogP contribution in [0.3, 0.4) is 0 Å². The number of aromatic hydroxyl groups is 2. The van der Waals surface area contributed by atoms with E-state index in [1.165, 1.54) is 0 Å². The largest absolute Gasteiger partial charge is 0.507 e. The van der Waals surface area contributed by atoms with Gasteiger partial charge in [0.2, 0.25) is 0 Å². The van der Waals surface area contributed by atoms with Crippen LogP contribution in [0.4, 0.5) is 0 Å². The predicted molar refractivity (Wildman–Crippen MR) is 135 cm³/mol. The van der Waals surface area contributed by atoms with Gasteiger partial charge < -0.3 is 10.2 Å². The maximum absolute atomic E-state index is 11.2. The predicted octanol–water partition coefficient (Wildman–Crippen LogP) is 7.99. The normalized spacial score (nSPS) is 11.7. The zero-order valence-electron chi connectivity index (χ0n) is 18.0. The fourth-order valence-electron chi connectivity index (χ4n) is 5.29. The smallest absolute Gasteiger partial charge is 0.131 e. The molecule has 2 nitrogen and oxygen atoms in total. The highest BCUT2D eigenvalue weighted by atomic mass is 16.3. The van der Waals surface area contributed by atoms with Crippen LogP contribution in [0.2, 0.25) is 0 Å². The Bertz CT molecular complexity index is 1580. The van der Waals surface area contributed by atoms with Crippen LogP contribution in [0.1, 0.15) is 11.1 Å². The maximum Gasteiger partial charge on any atom is 0.131 e. The molecule has 0 unspecified atom stereocenters. The number of hydrogen-bond donors (Lipinski definition) is 2. The zero-order valence-corrected chi connectivity index (χ0v) is 18.0. The molecule has 0 fully saturated rings. The van der Waals surface area contributed by atoms with E-state index < -0.39 is 0 Å². The lowest BCUT2D eigenvalue weighted by Gasteiger charge is -2.20. The van der Waals surface area contributed by atoms with Gasteiger partial charge in [-0.15, -0.1) is 0 Å². The molecule has 6 aromatic rings. The lowest BCUT2D eigenvalue weighted by Crippen LogP contribution is -1.93. The third-order valence-electron chi connectivity index (χ3n) is 6.71. The van der Waals surface area contributed by atoms with E-state index in [2.05, 4.69) is 24.3 Å². The first-order chi connectivity index (χ1) is 15.6. The summed E-state index contributed by atoms with van der Waals surface area (Å²) in [6, 6.07) is 28.4. The van der Waals surface area contributed by atoms with Gasteiger partial charge in [0.15, 0.2) is 0 Å². The van der Waals surface area contributed by atoms with Gasteiger partial charge in [-0.2, -0.15) is 0 Å². The zero-order chi connectivity index (χ0) is 22.0. The van der Waals surface area contributed by atoms with Crippen molar-refractivity contribution in [3.63, 3.8) is 0 Å². The van der Waals surface area contributed by atoms with Crippen molar-refractivity contribution in [3.8, 4) is 22.6 Å². The van der Waals surface area contributed by atoms with Gasteiger partial charge in [0.1, 0.15) is 11.5 Å². The third kappa shape index (κ3) is 2.41. The minimum absolute atomic E-state index is 0.320. The first-order valence-corrected chi connectivity index (χ1v) is 10.8. The Kier molecular flexibility index (Phi) is 3.93. The summed E-state index contributed by atoms with van der Waals surface area (Å²) < 4.78 is 0. The second-order valence-corrected chi connectivity index (χ2v) is 8.53. The molecule has 32 heavy (non-hydrogen) atoms. The second kappa shape index (κ2) is 6.73. The van der Waals surface area contributed by atoms with E-state index in [0.717, 1.165) is 65.3 Å². The molecule has 0 aromatic heterocycles. The highest BCUT2D eigenvalue weighted by molar-refractivity contribution is 6.27. The summed E-state index contributed by atoms with van der Waals surface area (Å²) in [6.07, 6.45) is 0. The van der Waals surface area contributed by atoms with Gasteiger partial charge in [0.05, 0.1) is 0 Å². The van der Waals surface area contributed by atoms with Crippen molar-refractivity contribution < 1.29 is 10.2 Å². The van der Waals surface area contributed by atoms with E-state index in [0.29, 0.717) is 11.5 Å². The third-order valence-corrected chi connectivity index (χ3v) is 6.71. The summed E-state index contributed by atoms with van der Waals surface area (Å²) in [5, 5.41) is 29.9. The molecule has 0 atom stereocenters. The van der Waals surface area contributed by atoms with Crippen molar-refractivity contribution in [1.82, 2.24) is 0 Å². The lowest BCUT2D eigenvalue weighted by molar-refractivity contribution is 0.487. The number of fused-ring (bicyclic) bond motifs is 4. The summed E-state index contributed by atoms with van der Waals surface area (Å²) in [7, 11) is 0. The average molecular weight is 415 g/mol. The standard InChI is InChI=1S/C30H22O2/c1-17-9-7-15-23-25(17)29(31)21-13-5-3-11-19(21)27(23)28-20-12-4-6-14-22(20)30(32)26-18(2)10-8-16-24(26)28/h3-16,31-32H,1-2H3. The molecule has 0 aliphatic heterocycles. The highest BCUT2D eigenvalue weighted by Gasteiger charge is 2.21. The minimum atomic E-state index is 0.320. The molecular weight excluding hydrogens is 392 g/mol. The fourth-order valence-corrected chi connectivity index (χ4v) is 5.29. The number of rotatable bonds is 1. The van der Waals surface area contributed by atoms with Crippen molar-refractivity contribution in [3.05, 3.63) is 96.1 Å². The van der Waals surface area contributed by atoms with Gasteiger partial charge in [-0.1, -0.05) is 84.9 Å². The van der Waals surface area contributed by atoms with E-state index >= 15 is 0 Å². The Hall–Kier alpha value is -4.04. The summed E-state index contributed by atoms with van der Waals surface area (Å²) in [6.45, 7) is 4.08. The molecular formula is C30H22O2. The van der Waals surface area contributed by atoms with E-state index in [1.54, 1.807) is 0 Å². The summed E-state index contributed by atoms with van der Waals surface area (Å²) in [5.74, 6) is 0.641. The molecule has 2 heteroatoms. The minimum Gasteiger partial charge on any atom is -0.507 e. The van der Waals surface area contributed by atoms with Gasteiger partial charge in [0.25, 0.3) is 0 Å². The van der Waals surface area contributed by atoms with Gasteiger partial charge >= 0.3 is 0 Å². The van der Waals surface area contributed by atoms with Crippen LogP contribution in [-0.4, -0.2) is 10.2 Å². The summed E-state index contributed by atoms with van der Waals surface area (Å²) in [5.41, 5.74) is 4.25. The molecule has 6 aromatic carbocycles. The molecule has 0 amide bonds. The van der Waals surface area contributed by atoms with Crippen LogP contribution in [0.15, 0.2) is 84.9 Å². The average Bonchev–Trinajstić information content (AvgIpc) is 2.81. The molecule has 0 saturated heterocycles. The Balaban J connectivity index is 1.99. The number of hydrogen-bond acceptors (Lipinski definition) is 2. The van der Waals surface area contributed by atoms with Crippen molar-refractivity contribution in [2.24, 2.45) is 0 Å². The number of aryl methyl sites for hydroxylation is 2. The topological polar surface area (TPSA) is 40.5 Å². The summed E-state index contributed by atoms with van der Waals surface area (Å²) >= 11 is 0. The number of phenolic OH excluding ortho intramolecular Hbond substituents is 2. The SMILES string of the molecule is Cc1cccc2c(-c3c4ccccc4c(O)c4c(C)cccc34)c3ccccc3c(O)c12. The molecule has 0 bridgehead atoms. The number of benzene rings is 6. The molecule has 6 rings (SSSR count).